The number of hydrogen-bond acceptors (Lipinski definition) is 9. The SMILES string of the molecule is COc1cc(CC(=O)Cc2ccc(Nc3ncnc4cc(OC)c5c(c34)OCCO5)cc2Cl)ccn1. The number of benzene rings is 2. The molecule has 2 aromatic heterocycles. The molecule has 0 bridgehead atoms. The highest BCUT2D eigenvalue weighted by molar-refractivity contribution is 6.31. The van der Waals surface area contributed by atoms with E-state index in [1.54, 1.807) is 44.7 Å². The smallest absolute Gasteiger partial charge is 0.213 e. The Morgan fingerprint density at radius 3 is 2.61 bits per heavy atom. The molecule has 0 fully saturated rings. The zero-order valence-corrected chi connectivity index (χ0v) is 20.5. The minimum absolute atomic E-state index is 0.0328. The molecule has 0 spiro atoms. The van der Waals surface area contributed by atoms with Crippen molar-refractivity contribution in [1.29, 1.82) is 0 Å². The van der Waals surface area contributed by atoms with Gasteiger partial charge in [-0.2, -0.15) is 0 Å². The van der Waals surface area contributed by atoms with Gasteiger partial charge in [0.15, 0.2) is 11.5 Å². The van der Waals surface area contributed by atoms with E-state index in [2.05, 4.69) is 20.3 Å². The molecule has 0 amide bonds. The number of nitrogens with zero attached hydrogens (tertiary/aromatic N) is 3. The van der Waals surface area contributed by atoms with Gasteiger partial charge in [-0.3, -0.25) is 4.79 Å². The molecule has 0 radical (unpaired) electrons. The molecule has 0 atom stereocenters. The first-order chi connectivity index (χ1) is 17.6. The molecule has 0 saturated heterocycles. The summed E-state index contributed by atoms with van der Waals surface area (Å²) in [5.74, 6) is 2.64. The predicted octanol–water partition coefficient (Wildman–Crippen LogP) is 4.56. The standard InChI is InChI=1S/C26H23ClN4O5/c1-33-21-13-20-23(25-24(21)35-7-8-36-25)26(30-14-29-20)31-17-4-3-16(19(27)12-17)11-18(32)9-15-5-6-28-22(10-15)34-2/h3-6,10,12-14H,7-9,11H2,1-2H3,(H,29,30,31). The number of methoxy groups -OCH3 is 2. The third kappa shape index (κ3) is 4.83. The second kappa shape index (κ2) is 10.2. The third-order valence-corrected chi connectivity index (χ3v) is 6.06. The van der Waals surface area contributed by atoms with E-state index in [1.165, 1.54) is 6.33 Å². The van der Waals surface area contributed by atoms with Crippen LogP contribution in [0.4, 0.5) is 11.5 Å². The monoisotopic (exact) mass is 506 g/mol. The van der Waals surface area contributed by atoms with Crippen LogP contribution < -0.4 is 24.3 Å². The molecule has 2 aromatic carbocycles. The molecule has 1 aliphatic rings. The lowest BCUT2D eigenvalue weighted by Gasteiger charge is -2.23. The quantitative estimate of drug-likeness (QED) is 0.368. The Kier molecular flexibility index (Phi) is 6.73. The molecule has 1 N–H and O–H groups in total. The average molecular weight is 507 g/mol. The maximum Gasteiger partial charge on any atom is 0.213 e. The molecule has 0 unspecified atom stereocenters. The van der Waals surface area contributed by atoms with Gasteiger partial charge < -0.3 is 24.3 Å². The second-order valence-electron chi connectivity index (χ2n) is 8.08. The highest BCUT2D eigenvalue weighted by Gasteiger charge is 2.24. The van der Waals surface area contributed by atoms with E-state index in [9.17, 15) is 4.79 Å². The third-order valence-electron chi connectivity index (χ3n) is 5.71. The van der Waals surface area contributed by atoms with Gasteiger partial charge in [0.05, 0.1) is 25.1 Å². The summed E-state index contributed by atoms with van der Waals surface area (Å²) in [5.41, 5.74) is 2.92. The van der Waals surface area contributed by atoms with E-state index in [1.807, 2.05) is 12.1 Å². The summed E-state index contributed by atoms with van der Waals surface area (Å²) in [4.78, 5) is 25.5. The lowest BCUT2D eigenvalue weighted by atomic mass is 10.0. The van der Waals surface area contributed by atoms with Crippen LogP contribution in [0.25, 0.3) is 10.9 Å². The number of halogens is 1. The number of anilines is 2. The first kappa shape index (κ1) is 23.6. The number of hydrogen-bond donors (Lipinski definition) is 1. The summed E-state index contributed by atoms with van der Waals surface area (Å²) in [6.45, 7) is 0.834. The molecule has 10 heteroatoms. The summed E-state index contributed by atoms with van der Waals surface area (Å²) in [5, 5.41) is 4.44. The molecule has 0 saturated carbocycles. The fourth-order valence-corrected chi connectivity index (χ4v) is 4.28. The largest absolute Gasteiger partial charge is 0.493 e. The van der Waals surface area contributed by atoms with Crippen LogP contribution in [0.2, 0.25) is 5.02 Å². The lowest BCUT2D eigenvalue weighted by molar-refractivity contribution is -0.117. The summed E-state index contributed by atoms with van der Waals surface area (Å²) in [6, 6.07) is 10.8. The molecule has 4 aromatic rings. The van der Waals surface area contributed by atoms with Crippen LogP contribution in [0.15, 0.2) is 48.9 Å². The zero-order chi connectivity index (χ0) is 25.1. The highest BCUT2D eigenvalue weighted by Crippen LogP contribution is 2.46. The Bertz CT molecular complexity index is 1450. The maximum atomic E-state index is 12.7. The van der Waals surface area contributed by atoms with Gasteiger partial charge in [0, 0.05) is 41.9 Å². The highest BCUT2D eigenvalue weighted by atomic mass is 35.5. The molecule has 9 nitrogen and oxygen atoms in total. The first-order valence-corrected chi connectivity index (χ1v) is 11.6. The number of ether oxygens (including phenoxy) is 4. The van der Waals surface area contributed by atoms with E-state index in [0.29, 0.717) is 63.8 Å². The van der Waals surface area contributed by atoms with Crippen molar-refractivity contribution in [1.82, 2.24) is 15.0 Å². The molecule has 5 rings (SSSR count). The van der Waals surface area contributed by atoms with Crippen molar-refractivity contribution >= 4 is 39.8 Å². The molecule has 3 heterocycles. The van der Waals surface area contributed by atoms with Gasteiger partial charge in [0.1, 0.15) is 31.1 Å². The number of carbonyl (C=O) groups is 1. The predicted molar refractivity (Wildman–Crippen MR) is 135 cm³/mol. The minimum atomic E-state index is 0.0328. The van der Waals surface area contributed by atoms with Gasteiger partial charge in [0.2, 0.25) is 11.6 Å². The van der Waals surface area contributed by atoms with Crippen LogP contribution in [-0.4, -0.2) is 48.2 Å². The van der Waals surface area contributed by atoms with Crippen LogP contribution in [0.3, 0.4) is 0 Å². The number of rotatable bonds is 8. The Balaban J connectivity index is 1.37. The number of nitrogens with one attached hydrogen (secondary N) is 1. The van der Waals surface area contributed by atoms with Crippen molar-refractivity contribution in [2.45, 2.75) is 12.8 Å². The number of carbonyl (C=O) groups excluding carboxylic acids is 1. The van der Waals surface area contributed by atoms with E-state index < -0.39 is 0 Å². The van der Waals surface area contributed by atoms with Crippen molar-refractivity contribution in [3.63, 3.8) is 0 Å². The van der Waals surface area contributed by atoms with Gasteiger partial charge >= 0.3 is 0 Å². The van der Waals surface area contributed by atoms with Crippen molar-refractivity contribution in [2.75, 3.05) is 32.8 Å². The Morgan fingerprint density at radius 2 is 1.83 bits per heavy atom. The Labute approximate surface area is 212 Å². The molecular weight excluding hydrogens is 484 g/mol. The average Bonchev–Trinajstić information content (AvgIpc) is 2.90. The van der Waals surface area contributed by atoms with Crippen molar-refractivity contribution in [2.24, 2.45) is 0 Å². The fourth-order valence-electron chi connectivity index (χ4n) is 4.04. The zero-order valence-electron chi connectivity index (χ0n) is 19.7. The molecule has 1 aliphatic heterocycles. The number of ketones is 1. The molecule has 36 heavy (non-hydrogen) atoms. The topological polar surface area (TPSA) is 105 Å². The first-order valence-electron chi connectivity index (χ1n) is 11.2. The van der Waals surface area contributed by atoms with Crippen LogP contribution >= 0.6 is 11.6 Å². The number of aromatic nitrogens is 3. The molecular formula is C26H23ClN4O5. The molecule has 0 aliphatic carbocycles. The normalized spacial score (nSPS) is 12.3. The lowest BCUT2D eigenvalue weighted by Crippen LogP contribution is -2.16. The minimum Gasteiger partial charge on any atom is -0.493 e. The van der Waals surface area contributed by atoms with Gasteiger partial charge in [-0.15, -0.1) is 0 Å². The fraction of sp³-hybridized carbons (Fsp3) is 0.231. The number of pyridine rings is 1. The summed E-state index contributed by atoms with van der Waals surface area (Å²) < 4.78 is 22.3. The number of fused-ring (bicyclic) bond motifs is 3. The van der Waals surface area contributed by atoms with Crippen molar-refractivity contribution in [3.05, 3.63) is 65.1 Å². The van der Waals surface area contributed by atoms with Crippen molar-refractivity contribution < 1.29 is 23.7 Å². The Hall–Kier alpha value is -4.11. The van der Waals surface area contributed by atoms with Crippen LogP contribution in [0.1, 0.15) is 11.1 Å². The second-order valence-corrected chi connectivity index (χ2v) is 8.49. The van der Waals surface area contributed by atoms with Crippen molar-refractivity contribution in [3.8, 4) is 23.1 Å². The van der Waals surface area contributed by atoms with Gasteiger partial charge in [-0.25, -0.2) is 15.0 Å². The van der Waals surface area contributed by atoms with Crippen LogP contribution in [0.5, 0.6) is 23.1 Å². The van der Waals surface area contributed by atoms with Crippen LogP contribution in [-0.2, 0) is 17.6 Å². The summed E-state index contributed by atoms with van der Waals surface area (Å²) >= 11 is 6.55. The summed E-state index contributed by atoms with van der Waals surface area (Å²) in [6.07, 6.45) is 3.55. The van der Waals surface area contributed by atoms with E-state index >= 15 is 0 Å². The maximum absolute atomic E-state index is 12.7. The molecule has 184 valence electrons. The van der Waals surface area contributed by atoms with Gasteiger partial charge in [0.25, 0.3) is 0 Å². The van der Waals surface area contributed by atoms with E-state index in [4.69, 9.17) is 30.5 Å². The van der Waals surface area contributed by atoms with E-state index in [-0.39, 0.29) is 18.6 Å². The van der Waals surface area contributed by atoms with Gasteiger partial charge in [-0.05, 0) is 29.3 Å². The van der Waals surface area contributed by atoms with Gasteiger partial charge in [-0.1, -0.05) is 17.7 Å². The number of Topliss-reactive ketones (excluding diaryl/α,β-unsaturated/α-hetero) is 1. The van der Waals surface area contributed by atoms with E-state index in [0.717, 1.165) is 11.1 Å². The van der Waals surface area contributed by atoms with Crippen LogP contribution in [0, 0.1) is 0 Å². The Morgan fingerprint density at radius 1 is 1.00 bits per heavy atom. The summed E-state index contributed by atoms with van der Waals surface area (Å²) in [7, 11) is 3.11.